The van der Waals surface area contributed by atoms with E-state index in [1.54, 1.807) is 4.90 Å². The second-order valence-electron chi connectivity index (χ2n) is 5.07. The Morgan fingerprint density at radius 2 is 2.00 bits per heavy atom. The summed E-state index contributed by atoms with van der Waals surface area (Å²) in [6.45, 7) is 4.90. The molecule has 1 aromatic carbocycles. The Morgan fingerprint density at radius 1 is 1.38 bits per heavy atom. The second-order valence-corrected chi connectivity index (χ2v) is 7.79. The maximum atomic E-state index is 12.5. The lowest BCUT2D eigenvalue weighted by Gasteiger charge is -2.22. The topological polar surface area (TPSA) is 44.1 Å². The van der Waals surface area contributed by atoms with Crippen LogP contribution >= 0.6 is 23.5 Å². The van der Waals surface area contributed by atoms with Crippen LogP contribution in [0.4, 0.5) is 0 Å². The zero-order chi connectivity index (χ0) is 15.2. The van der Waals surface area contributed by atoms with Gasteiger partial charge in [0.05, 0.1) is 16.6 Å². The summed E-state index contributed by atoms with van der Waals surface area (Å²) >= 11 is 3.93. The molecule has 1 aromatic rings. The number of carbonyl (C=O) groups is 1. The molecule has 1 atom stereocenters. The molecular weight excluding hydrogens is 300 g/mol. The molecule has 1 aliphatic rings. The Hall–Kier alpha value is -1.12. The number of amides is 1. The van der Waals surface area contributed by atoms with E-state index >= 15 is 0 Å². The van der Waals surface area contributed by atoms with Crippen LogP contribution < -0.4 is 0 Å². The van der Waals surface area contributed by atoms with Crippen LogP contribution in [-0.4, -0.2) is 35.4 Å². The zero-order valence-corrected chi connectivity index (χ0v) is 14.0. The van der Waals surface area contributed by atoms with E-state index in [-0.39, 0.29) is 11.8 Å². The van der Waals surface area contributed by atoms with E-state index in [0.29, 0.717) is 23.2 Å². The van der Waals surface area contributed by atoms with Crippen LogP contribution in [-0.2, 0) is 0 Å². The standard InChI is InChI=1S/C16H20N2OS2/c1-3-18(11-12(2)10-17)15(19)13-4-6-14(7-5-13)16-20-8-9-21-16/h4-7,12,16H,3,8-9,11H2,1-2H3. The molecule has 0 spiro atoms. The van der Waals surface area contributed by atoms with Gasteiger partial charge in [-0.25, -0.2) is 0 Å². The lowest BCUT2D eigenvalue weighted by molar-refractivity contribution is 0.0752. The van der Waals surface area contributed by atoms with E-state index < -0.39 is 0 Å². The summed E-state index contributed by atoms with van der Waals surface area (Å²) < 4.78 is 0.509. The number of benzene rings is 1. The summed E-state index contributed by atoms with van der Waals surface area (Å²) in [5.74, 6) is 2.27. The van der Waals surface area contributed by atoms with Crippen molar-refractivity contribution in [3.63, 3.8) is 0 Å². The molecule has 1 saturated heterocycles. The van der Waals surface area contributed by atoms with Crippen LogP contribution in [0.3, 0.4) is 0 Å². The first-order valence-corrected chi connectivity index (χ1v) is 9.27. The van der Waals surface area contributed by atoms with Crippen molar-refractivity contribution in [3.8, 4) is 6.07 Å². The van der Waals surface area contributed by atoms with Crippen molar-refractivity contribution in [2.24, 2.45) is 5.92 Å². The van der Waals surface area contributed by atoms with E-state index in [4.69, 9.17) is 5.26 Å². The van der Waals surface area contributed by atoms with Crippen LogP contribution in [0, 0.1) is 17.2 Å². The highest BCUT2D eigenvalue weighted by molar-refractivity contribution is 8.19. The number of nitriles is 1. The van der Waals surface area contributed by atoms with Crippen LogP contribution in [0.25, 0.3) is 0 Å². The van der Waals surface area contributed by atoms with Crippen LogP contribution in [0.15, 0.2) is 24.3 Å². The van der Waals surface area contributed by atoms with Crippen molar-refractivity contribution in [3.05, 3.63) is 35.4 Å². The molecule has 1 heterocycles. The highest BCUT2D eigenvalue weighted by atomic mass is 32.2. The molecule has 21 heavy (non-hydrogen) atoms. The van der Waals surface area contributed by atoms with Crippen molar-refractivity contribution in [2.45, 2.75) is 18.4 Å². The van der Waals surface area contributed by atoms with Crippen molar-refractivity contribution in [1.82, 2.24) is 4.90 Å². The molecule has 3 nitrogen and oxygen atoms in total. The summed E-state index contributed by atoms with van der Waals surface area (Å²) in [5.41, 5.74) is 1.99. The molecule has 1 aliphatic heterocycles. The lowest BCUT2D eigenvalue weighted by atomic mass is 10.1. The molecule has 0 aromatic heterocycles. The maximum Gasteiger partial charge on any atom is 0.253 e. The molecule has 0 bridgehead atoms. The average molecular weight is 320 g/mol. The SMILES string of the molecule is CCN(CC(C)C#N)C(=O)c1ccc(C2SCCS2)cc1. The fourth-order valence-corrected chi connectivity index (χ4v) is 5.10. The summed E-state index contributed by atoms with van der Waals surface area (Å²) in [5, 5.41) is 8.90. The van der Waals surface area contributed by atoms with Gasteiger partial charge in [0, 0.05) is 30.2 Å². The molecule has 1 fully saturated rings. The fraction of sp³-hybridized carbons (Fsp3) is 0.500. The second kappa shape index (κ2) is 7.77. The summed E-state index contributed by atoms with van der Waals surface area (Å²) in [7, 11) is 0. The van der Waals surface area contributed by atoms with Gasteiger partial charge in [0.2, 0.25) is 0 Å². The lowest BCUT2D eigenvalue weighted by Crippen LogP contribution is -2.34. The number of thioether (sulfide) groups is 2. The predicted octanol–water partition coefficient (Wildman–Crippen LogP) is 3.79. The van der Waals surface area contributed by atoms with Gasteiger partial charge < -0.3 is 4.90 Å². The third-order valence-corrected chi connectivity index (χ3v) is 6.54. The molecule has 5 heteroatoms. The van der Waals surface area contributed by atoms with E-state index in [2.05, 4.69) is 18.2 Å². The van der Waals surface area contributed by atoms with Gasteiger partial charge in [-0.1, -0.05) is 12.1 Å². The molecule has 0 saturated carbocycles. The van der Waals surface area contributed by atoms with Crippen LogP contribution in [0.2, 0.25) is 0 Å². The first-order chi connectivity index (χ1) is 10.2. The van der Waals surface area contributed by atoms with E-state index in [9.17, 15) is 4.79 Å². The number of hydrogen-bond acceptors (Lipinski definition) is 4. The van der Waals surface area contributed by atoms with Gasteiger partial charge in [0.25, 0.3) is 5.91 Å². The molecule has 1 unspecified atom stereocenters. The molecule has 2 rings (SSSR count). The quantitative estimate of drug-likeness (QED) is 0.828. The van der Waals surface area contributed by atoms with Gasteiger partial charge in [-0.05, 0) is 31.5 Å². The minimum Gasteiger partial charge on any atom is -0.338 e. The third-order valence-electron chi connectivity index (χ3n) is 3.44. The Balaban J connectivity index is 2.06. The number of rotatable bonds is 5. The molecule has 1 amide bonds. The molecular formula is C16H20N2OS2. The number of carbonyl (C=O) groups excluding carboxylic acids is 1. The third kappa shape index (κ3) is 4.18. The maximum absolute atomic E-state index is 12.5. The van der Waals surface area contributed by atoms with E-state index in [1.807, 2.05) is 49.5 Å². The van der Waals surface area contributed by atoms with E-state index in [1.165, 1.54) is 17.1 Å². The highest BCUT2D eigenvalue weighted by Crippen LogP contribution is 2.45. The van der Waals surface area contributed by atoms with Gasteiger partial charge in [-0.15, -0.1) is 23.5 Å². The summed E-state index contributed by atoms with van der Waals surface area (Å²) in [6.07, 6.45) is 0. The Labute approximate surface area is 135 Å². The van der Waals surface area contributed by atoms with Gasteiger partial charge >= 0.3 is 0 Å². The zero-order valence-electron chi connectivity index (χ0n) is 12.4. The number of hydrogen-bond donors (Lipinski definition) is 0. The van der Waals surface area contributed by atoms with Crippen molar-refractivity contribution in [2.75, 3.05) is 24.6 Å². The monoisotopic (exact) mass is 320 g/mol. The molecule has 112 valence electrons. The molecule has 0 aliphatic carbocycles. The molecule has 0 N–H and O–H groups in total. The Bertz CT molecular complexity index is 518. The first kappa shape index (κ1) is 16.3. The minimum atomic E-state index is -0.139. The highest BCUT2D eigenvalue weighted by Gasteiger charge is 2.20. The summed E-state index contributed by atoms with van der Waals surface area (Å²) in [6, 6.07) is 10.1. The normalized spacial score (nSPS) is 16.4. The van der Waals surface area contributed by atoms with Crippen molar-refractivity contribution >= 4 is 29.4 Å². The van der Waals surface area contributed by atoms with Gasteiger partial charge in [0.15, 0.2) is 0 Å². The van der Waals surface area contributed by atoms with Gasteiger partial charge in [0.1, 0.15) is 0 Å². The smallest absolute Gasteiger partial charge is 0.253 e. The van der Waals surface area contributed by atoms with Crippen molar-refractivity contribution < 1.29 is 4.79 Å². The van der Waals surface area contributed by atoms with Gasteiger partial charge in [-0.3, -0.25) is 4.79 Å². The number of nitrogens with zero attached hydrogens (tertiary/aromatic N) is 2. The first-order valence-electron chi connectivity index (χ1n) is 7.17. The van der Waals surface area contributed by atoms with Crippen LogP contribution in [0.1, 0.15) is 34.4 Å². The fourth-order valence-electron chi connectivity index (χ4n) is 2.24. The largest absolute Gasteiger partial charge is 0.338 e. The van der Waals surface area contributed by atoms with E-state index in [0.717, 1.165) is 0 Å². The van der Waals surface area contributed by atoms with Gasteiger partial charge in [-0.2, -0.15) is 5.26 Å². The Morgan fingerprint density at radius 3 is 2.52 bits per heavy atom. The Kier molecular flexibility index (Phi) is 6.01. The van der Waals surface area contributed by atoms with Crippen LogP contribution in [0.5, 0.6) is 0 Å². The summed E-state index contributed by atoms with van der Waals surface area (Å²) in [4.78, 5) is 14.2. The minimum absolute atomic E-state index is 0.0119. The predicted molar refractivity (Wildman–Crippen MR) is 90.5 cm³/mol. The molecule has 0 radical (unpaired) electrons. The van der Waals surface area contributed by atoms with Crippen molar-refractivity contribution in [1.29, 1.82) is 5.26 Å². The average Bonchev–Trinajstić information content (AvgIpc) is 3.06.